The number of nitrogens with zero attached hydrogens (tertiary/aromatic N) is 2. The van der Waals surface area contributed by atoms with E-state index in [4.69, 9.17) is 0 Å². The van der Waals surface area contributed by atoms with Gasteiger partial charge in [0.1, 0.15) is 17.4 Å². The lowest BCUT2D eigenvalue weighted by Gasteiger charge is -2.15. The molecule has 0 fully saturated rings. The van der Waals surface area contributed by atoms with E-state index in [1.165, 1.54) is 24.3 Å². The molecule has 148 valence electrons. The number of hydrogen-bond donors (Lipinski definition) is 1. The molecule has 0 amide bonds. The molecule has 1 atom stereocenters. The normalized spacial score (nSPS) is 12.9. The molecule has 0 unspecified atom stereocenters. The highest BCUT2D eigenvalue weighted by Crippen LogP contribution is 2.24. The Balaban J connectivity index is 1.72. The number of para-hydroxylation sites is 2. The number of imidazole rings is 1. The monoisotopic (exact) mass is 410 g/mol. The second-order valence-electron chi connectivity index (χ2n) is 6.77. The molecule has 4 aromatic rings. The number of aliphatic hydroxyl groups is 1. The second kappa shape index (κ2) is 7.77. The number of benzene rings is 3. The first-order valence-corrected chi connectivity index (χ1v) is 10.7. The van der Waals surface area contributed by atoms with E-state index in [1.54, 1.807) is 41.0 Å². The summed E-state index contributed by atoms with van der Waals surface area (Å²) in [4.78, 5) is 4.72. The van der Waals surface area contributed by atoms with Crippen LogP contribution in [0.4, 0.5) is 4.39 Å². The van der Waals surface area contributed by atoms with Crippen molar-refractivity contribution in [3.63, 3.8) is 0 Å². The third-order valence-corrected chi connectivity index (χ3v) is 6.39. The maximum absolute atomic E-state index is 13.2. The van der Waals surface area contributed by atoms with Crippen molar-refractivity contribution in [3.8, 4) is 0 Å². The third kappa shape index (κ3) is 4.06. The summed E-state index contributed by atoms with van der Waals surface area (Å²) in [5.41, 5.74) is 1.92. The summed E-state index contributed by atoms with van der Waals surface area (Å²) < 4.78 is 40.6. The summed E-state index contributed by atoms with van der Waals surface area (Å²) in [6.45, 7) is 0.103. The van der Waals surface area contributed by atoms with Gasteiger partial charge in [-0.1, -0.05) is 42.5 Å². The maximum Gasteiger partial charge on any atom is 0.185 e. The predicted molar refractivity (Wildman–Crippen MR) is 108 cm³/mol. The highest BCUT2D eigenvalue weighted by atomic mass is 32.2. The van der Waals surface area contributed by atoms with E-state index >= 15 is 0 Å². The summed E-state index contributed by atoms with van der Waals surface area (Å²) in [6, 6.07) is 21.1. The van der Waals surface area contributed by atoms with E-state index in [9.17, 15) is 17.9 Å². The van der Waals surface area contributed by atoms with Gasteiger partial charge in [-0.15, -0.1) is 0 Å². The van der Waals surface area contributed by atoms with Gasteiger partial charge in [-0.25, -0.2) is 17.8 Å². The van der Waals surface area contributed by atoms with Crippen molar-refractivity contribution in [2.45, 2.75) is 23.3 Å². The zero-order valence-electron chi connectivity index (χ0n) is 15.4. The smallest absolute Gasteiger partial charge is 0.185 e. The van der Waals surface area contributed by atoms with Crippen LogP contribution in [-0.2, 0) is 22.1 Å². The van der Waals surface area contributed by atoms with Gasteiger partial charge in [0, 0.05) is 0 Å². The van der Waals surface area contributed by atoms with Crippen molar-refractivity contribution in [1.29, 1.82) is 0 Å². The van der Waals surface area contributed by atoms with E-state index in [2.05, 4.69) is 4.98 Å². The van der Waals surface area contributed by atoms with Crippen molar-refractivity contribution >= 4 is 20.9 Å². The van der Waals surface area contributed by atoms with Gasteiger partial charge in [-0.2, -0.15) is 0 Å². The highest BCUT2D eigenvalue weighted by molar-refractivity contribution is 7.90. The van der Waals surface area contributed by atoms with Gasteiger partial charge in [-0.3, -0.25) is 0 Å². The minimum absolute atomic E-state index is 0.103. The Bertz CT molecular complexity index is 1240. The molecule has 29 heavy (non-hydrogen) atoms. The molecule has 3 aromatic carbocycles. The SMILES string of the molecule is O=S(=O)(Cc1nc2ccccc2n1C[C@@H](O)c1ccc(F)cc1)c1ccccc1. The topological polar surface area (TPSA) is 72.2 Å². The van der Waals surface area contributed by atoms with E-state index in [1.807, 2.05) is 18.2 Å². The molecule has 4 rings (SSSR count). The fourth-order valence-electron chi connectivity index (χ4n) is 3.28. The molecule has 1 N–H and O–H groups in total. The Morgan fingerprint density at radius 2 is 1.59 bits per heavy atom. The number of hydrogen-bond acceptors (Lipinski definition) is 4. The third-order valence-electron chi connectivity index (χ3n) is 4.77. The molecule has 1 heterocycles. The van der Waals surface area contributed by atoms with Crippen molar-refractivity contribution in [1.82, 2.24) is 9.55 Å². The van der Waals surface area contributed by atoms with Crippen LogP contribution in [-0.4, -0.2) is 23.1 Å². The summed E-state index contributed by atoms with van der Waals surface area (Å²) in [7, 11) is -3.60. The van der Waals surface area contributed by atoms with Crippen molar-refractivity contribution in [2.75, 3.05) is 0 Å². The lowest BCUT2D eigenvalue weighted by molar-refractivity contribution is 0.157. The molecule has 0 aliphatic rings. The Morgan fingerprint density at radius 1 is 0.931 bits per heavy atom. The van der Waals surface area contributed by atoms with Gasteiger partial charge < -0.3 is 9.67 Å². The Hall–Kier alpha value is -3.03. The van der Waals surface area contributed by atoms with Crippen LogP contribution < -0.4 is 0 Å². The van der Waals surface area contributed by atoms with Crippen LogP contribution in [0.2, 0.25) is 0 Å². The number of fused-ring (bicyclic) bond motifs is 1. The van der Waals surface area contributed by atoms with Gasteiger partial charge >= 0.3 is 0 Å². The number of halogens is 1. The van der Waals surface area contributed by atoms with Gasteiger partial charge in [0.05, 0.1) is 28.6 Å². The summed E-state index contributed by atoms with van der Waals surface area (Å²) in [5, 5.41) is 10.7. The van der Waals surface area contributed by atoms with Gasteiger partial charge in [-0.05, 0) is 42.0 Å². The molecule has 1 aromatic heterocycles. The van der Waals surface area contributed by atoms with Crippen LogP contribution in [0.15, 0.2) is 83.8 Å². The van der Waals surface area contributed by atoms with E-state index in [0.29, 0.717) is 16.9 Å². The van der Waals surface area contributed by atoms with Crippen LogP contribution in [0, 0.1) is 5.82 Å². The van der Waals surface area contributed by atoms with E-state index in [-0.39, 0.29) is 23.0 Å². The Morgan fingerprint density at radius 3 is 2.31 bits per heavy atom. The molecule has 0 saturated heterocycles. The number of sulfone groups is 1. The number of rotatable bonds is 6. The summed E-state index contributed by atoms with van der Waals surface area (Å²) in [6.07, 6.45) is -0.939. The molecule has 7 heteroatoms. The van der Waals surface area contributed by atoms with Crippen molar-refractivity contribution < 1.29 is 17.9 Å². The van der Waals surface area contributed by atoms with Crippen LogP contribution in [0.25, 0.3) is 11.0 Å². The maximum atomic E-state index is 13.2. The fourth-order valence-corrected chi connectivity index (χ4v) is 4.58. The van der Waals surface area contributed by atoms with Crippen molar-refractivity contribution in [3.05, 3.63) is 96.1 Å². The summed E-state index contributed by atoms with van der Waals surface area (Å²) in [5.74, 6) is -0.332. The Labute approximate surface area is 168 Å². The van der Waals surface area contributed by atoms with E-state index < -0.39 is 15.9 Å². The molecule has 0 aliphatic carbocycles. The predicted octanol–water partition coefficient (Wildman–Crippen LogP) is 3.88. The second-order valence-corrected chi connectivity index (χ2v) is 8.76. The van der Waals surface area contributed by atoms with E-state index in [0.717, 1.165) is 5.52 Å². The standard InChI is InChI=1S/C22H19FN2O3S/c23-17-12-10-16(11-13-17)21(26)14-25-20-9-5-4-8-19(20)24-22(25)15-29(27,28)18-6-2-1-3-7-18/h1-13,21,26H,14-15H2/t21-/m1/s1. The zero-order valence-corrected chi connectivity index (χ0v) is 16.3. The molecule has 0 spiro atoms. The minimum atomic E-state index is -3.60. The first-order chi connectivity index (χ1) is 13.9. The quantitative estimate of drug-likeness (QED) is 0.524. The molecule has 0 radical (unpaired) electrons. The zero-order chi connectivity index (χ0) is 20.4. The molecular weight excluding hydrogens is 391 g/mol. The van der Waals surface area contributed by atoms with Crippen LogP contribution >= 0.6 is 0 Å². The Kier molecular flexibility index (Phi) is 5.17. The summed E-state index contributed by atoms with van der Waals surface area (Å²) >= 11 is 0. The lowest BCUT2D eigenvalue weighted by Crippen LogP contribution is -2.15. The van der Waals surface area contributed by atoms with Crippen LogP contribution in [0.3, 0.4) is 0 Å². The minimum Gasteiger partial charge on any atom is -0.387 e. The molecule has 0 bridgehead atoms. The van der Waals surface area contributed by atoms with Gasteiger partial charge in [0.15, 0.2) is 9.84 Å². The van der Waals surface area contributed by atoms with Crippen LogP contribution in [0.1, 0.15) is 17.5 Å². The lowest BCUT2D eigenvalue weighted by atomic mass is 10.1. The molecule has 0 saturated carbocycles. The van der Waals surface area contributed by atoms with Gasteiger partial charge in [0.2, 0.25) is 0 Å². The first-order valence-electron chi connectivity index (χ1n) is 9.09. The largest absolute Gasteiger partial charge is 0.387 e. The molecular formula is C22H19FN2O3S. The van der Waals surface area contributed by atoms with Gasteiger partial charge in [0.25, 0.3) is 0 Å². The number of aliphatic hydroxyl groups excluding tert-OH is 1. The first kappa shape index (κ1) is 19.3. The average molecular weight is 410 g/mol. The van der Waals surface area contributed by atoms with Crippen molar-refractivity contribution in [2.24, 2.45) is 0 Å². The molecule has 5 nitrogen and oxygen atoms in total. The highest BCUT2D eigenvalue weighted by Gasteiger charge is 2.22. The average Bonchev–Trinajstić information content (AvgIpc) is 3.05. The van der Waals surface area contributed by atoms with Crippen LogP contribution in [0.5, 0.6) is 0 Å². The fraction of sp³-hybridized carbons (Fsp3) is 0.136. The number of aromatic nitrogens is 2. The molecule has 0 aliphatic heterocycles.